The zero-order valence-electron chi connectivity index (χ0n) is 25.5. The van der Waals surface area contributed by atoms with Crippen LogP contribution in [-0.4, -0.2) is 39.2 Å². The van der Waals surface area contributed by atoms with Gasteiger partial charge in [0.25, 0.3) is 5.78 Å². The molecule has 0 aliphatic carbocycles. The molecule has 5 aromatic rings. The Morgan fingerprint density at radius 1 is 1.02 bits per heavy atom. The minimum Gasteiger partial charge on any atom is -0.507 e. The van der Waals surface area contributed by atoms with Gasteiger partial charge in [-0.25, -0.2) is 0 Å². The minimum absolute atomic E-state index is 0.105. The summed E-state index contributed by atoms with van der Waals surface area (Å²) < 4.78 is 12.1. The Balaban J connectivity index is 1.36. The lowest BCUT2D eigenvalue weighted by molar-refractivity contribution is -0.132. The number of carbonyl (C=O) groups is 2. The van der Waals surface area contributed by atoms with Crippen molar-refractivity contribution >= 4 is 73.2 Å². The van der Waals surface area contributed by atoms with Crippen LogP contribution in [0.15, 0.2) is 99.3 Å². The number of ketones is 1. The summed E-state index contributed by atoms with van der Waals surface area (Å²) >= 11 is 12.2. The SMILES string of the molecule is COc1cc(C2/C(=C(\O)c3ccc(OCc4ccccc4C)cc3)C(=O)C(=O)N2c2nnc(SCc3ccccc3Cl)s2)cc(Br)c1O. The lowest BCUT2D eigenvalue weighted by Gasteiger charge is -2.23. The number of phenols is 1. The number of halogens is 2. The fourth-order valence-electron chi connectivity index (χ4n) is 5.16. The molecule has 2 heterocycles. The molecular weight excluding hydrogens is 738 g/mol. The molecule has 9 nitrogen and oxygen atoms in total. The molecule has 1 saturated heterocycles. The van der Waals surface area contributed by atoms with Crippen molar-refractivity contribution in [1.82, 2.24) is 10.2 Å². The van der Waals surface area contributed by atoms with Gasteiger partial charge < -0.3 is 19.7 Å². The number of nitrogens with zero attached hydrogens (tertiary/aromatic N) is 3. The van der Waals surface area contributed by atoms with E-state index in [4.69, 9.17) is 21.1 Å². The Hall–Kier alpha value is -4.36. The fraction of sp³-hybridized carbons (Fsp3) is 0.143. The first-order valence-corrected chi connectivity index (χ1v) is 17.5. The maximum Gasteiger partial charge on any atom is 0.301 e. The van der Waals surface area contributed by atoms with Gasteiger partial charge in [-0.15, -0.1) is 10.2 Å². The van der Waals surface area contributed by atoms with Crippen molar-refractivity contribution in [2.45, 2.75) is 29.7 Å². The summed E-state index contributed by atoms with van der Waals surface area (Å²) in [4.78, 5) is 28.6. The van der Waals surface area contributed by atoms with Crippen molar-refractivity contribution in [1.29, 1.82) is 0 Å². The number of thioether (sulfide) groups is 1. The number of aryl methyl sites for hydroxylation is 1. The summed E-state index contributed by atoms with van der Waals surface area (Å²) in [5.74, 6) is -1.14. The van der Waals surface area contributed by atoms with Crippen molar-refractivity contribution in [3.63, 3.8) is 0 Å². The Bertz CT molecular complexity index is 2050. The van der Waals surface area contributed by atoms with E-state index in [0.717, 1.165) is 28.0 Å². The van der Waals surface area contributed by atoms with Gasteiger partial charge >= 0.3 is 5.91 Å². The van der Waals surface area contributed by atoms with Gasteiger partial charge in [0.05, 0.1) is 23.2 Å². The molecule has 6 rings (SSSR count). The molecule has 1 aliphatic rings. The normalized spacial score (nSPS) is 15.6. The first kappa shape index (κ1) is 33.5. The molecule has 1 unspecified atom stereocenters. The number of phenolic OH excluding ortho intramolecular Hbond substituents is 1. The predicted octanol–water partition coefficient (Wildman–Crippen LogP) is 8.47. The van der Waals surface area contributed by atoms with Gasteiger partial charge in [0.1, 0.15) is 18.1 Å². The lowest BCUT2D eigenvalue weighted by Crippen LogP contribution is -2.29. The number of methoxy groups -OCH3 is 1. The number of carbonyl (C=O) groups excluding carboxylic acids is 2. The van der Waals surface area contributed by atoms with Crippen molar-refractivity contribution in [3.05, 3.63) is 128 Å². The van der Waals surface area contributed by atoms with Gasteiger partial charge in [0.2, 0.25) is 5.13 Å². The van der Waals surface area contributed by atoms with Gasteiger partial charge in [-0.05, 0) is 87.6 Å². The first-order chi connectivity index (χ1) is 23.2. The highest BCUT2D eigenvalue weighted by Gasteiger charge is 2.48. The highest BCUT2D eigenvalue weighted by Crippen LogP contribution is 2.47. The van der Waals surface area contributed by atoms with E-state index in [1.54, 1.807) is 36.4 Å². The number of aromatic hydroxyl groups is 1. The topological polar surface area (TPSA) is 122 Å². The van der Waals surface area contributed by atoms with Crippen molar-refractivity contribution < 1.29 is 29.3 Å². The number of hydrogen-bond donors (Lipinski definition) is 2. The molecule has 1 amide bonds. The van der Waals surface area contributed by atoms with E-state index >= 15 is 0 Å². The average molecular weight is 765 g/mol. The van der Waals surface area contributed by atoms with Crippen LogP contribution in [0.4, 0.5) is 5.13 Å². The summed E-state index contributed by atoms with van der Waals surface area (Å²) in [6, 6.07) is 23.9. The average Bonchev–Trinajstić information content (AvgIpc) is 3.66. The molecule has 0 bridgehead atoms. The molecular formula is C35H27BrClN3O6S2. The van der Waals surface area contributed by atoms with Crippen LogP contribution >= 0.6 is 50.6 Å². The molecule has 0 spiro atoms. The molecule has 13 heteroatoms. The van der Waals surface area contributed by atoms with Crippen LogP contribution in [0, 0.1) is 6.92 Å². The van der Waals surface area contributed by atoms with Crippen LogP contribution < -0.4 is 14.4 Å². The minimum atomic E-state index is -1.12. The monoisotopic (exact) mass is 763 g/mol. The van der Waals surface area contributed by atoms with Crippen molar-refractivity contribution in [2.75, 3.05) is 12.0 Å². The number of benzene rings is 4. The second kappa shape index (κ2) is 14.4. The quantitative estimate of drug-likeness (QED) is 0.0474. The smallest absolute Gasteiger partial charge is 0.301 e. The molecule has 0 saturated carbocycles. The van der Waals surface area contributed by atoms with E-state index in [0.29, 0.717) is 38.6 Å². The molecule has 48 heavy (non-hydrogen) atoms. The number of hydrogen-bond acceptors (Lipinski definition) is 10. The lowest BCUT2D eigenvalue weighted by atomic mass is 9.95. The number of ether oxygens (including phenoxy) is 2. The Morgan fingerprint density at radius 2 is 1.73 bits per heavy atom. The third kappa shape index (κ3) is 6.79. The van der Waals surface area contributed by atoms with Crippen LogP contribution in [0.3, 0.4) is 0 Å². The Morgan fingerprint density at radius 3 is 2.44 bits per heavy atom. The number of aliphatic hydroxyl groups is 1. The maximum absolute atomic E-state index is 13.7. The molecule has 2 N–H and O–H groups in total. The maximum atomic E-state index is 13.7. The van der Waals surface area contributed by atoms with Gasteiger partial charge in [0, 0.05) is 16.3 Å². The number of Topliss-reactive ketones (excluding diaryl/α,β-unsaturated/α-hetero) is 1. The largest absolute Gasteiger partial charge is 0.507 e. The predicted molar refractivity (Wildman–Crippen MR) is 190 cm³/mol. The second-order valence-corrected chi connectivity index (χ2v) is 14.1. The molecule has 0 radical (unpaired) electrons. The Kier molecular flexibility index (Phi) is 10.1. The summed E-state index contributed by atoms with van der Waals surface area (Å²) in [5.41, 5.74) is 3.59. The molecule has 1 aromatic heterocycles. The third-order valence-corrected chi connectivity index (χ3v) is 10.8. The van der Waals surface area contributed by atoms with E-state index in [1.165, 1.54) is 29.8 Å². The molecule has 4 aromatic carbocycles. The fourth-order valence-corrected chi connectivity index (χ4v) is 7.78. The van der Waals surface area contributed by atoms with Crippen LogP contribution in [0.25, 0.3) is 5.76 Å². The third-order valence-electron chi connectivity index (χ3n) is 7.73. The summed E-state index contributed by atoms with van der Waals surface area (Å²) in [6.07, 6.45) is 0. The highest BCUT2D eigenvalue weighted by molar-refractivity contribution is 9.10. The van der Waals surface area contributed by atoms with Crippen LogP contribution in [0.5, 0.6) is 17.2 Å². The summed E-state index contributed by atoms with van der Waals surface area (Å²) in [5, 5.41) is 31.4. The van der Waals surface area contributed by atoms with Crippen molar-refractivity contribution in [3.8, 4) is 17.2 Å². The highest BCUT2D eigenvalue weighted by atomic mass is 79.9. The number of rotatable bonds is 10. The van der Waals surface area contributed by atoms with Crippen LogP contribution in [0.1, 0.15) is 33.9 Å². The summed E-state index contributed by atoms with van der Waals surface area (Å²) in [7, 11) is 1.39. The van der Waals surface area contributed by atoms with E-state index in [2.05, 4.69) is 26.1 Å². The van der Waals surface area contributed by atoms with Gasteiger partial charge in [-0.3, -0.25) is 14.5 Å². The molecule has 244 valence electrons. The van der Waals surface area contributed by atoms with E-state index < -0.39 is 17.7 Å². The number of anilines is 1. The number of aliphatic hydroxyl groups excluding tert-OH is 1. The molecule has 1 atom stereocenters. The van der Waals surface area contributed by atoms with Crippen LogP contribution in [0.2, 0.25) is 5.02 Å². The summed E-state index contributed by atoms with van der Waals surface area (Å²) in [6.45, 7) is 2.37. The Labute approximate surface area is 297 Å². The molecule has 1 aliphatic heterocycles. The van der Waals surface area contributed by atoms with E-state index in [1.807, 2.05) is 49.4 Å². The van der Waals surface area contributed by atoms with E-state index in [-0.39, 0.29) is 32.4 Å². The zero-order valence-corrected chi connectivity index (χ0v) is 29.5. The standard InChI is InChI=1S/C35H27BrClN3O6S2/c1-19-7-3-4-8-21(19)17-46-24-13-11-20(12-14-24)30(41)28-29(23-15-25(36)31(42)27(16-23)45-2)40(33(44)32(28)43)34-38-39-35(48-34)47-18-22-9-5-6-10-26(22)37/h3-16,29,41-42H,17-18H2,1-2H3/b30-28+. The second-order valence-electron chi connectivity index (χ2n) is 10.7. The first-order valence-electron chi connectivity index (χ1n) is 14.5. The van der Waals surface area contributed by atoms with E-state index in [9.17, 15) is 19.8 Å². The van der Waals surface area contributed by atoms with Crippen molar-refractivity contribution in [2.24, 2.45) is 0 Å². The van der Waals surface area contributed by atoms with Gasteiger partial charge in [-0.1, -0.05) is 77.2 Å². The zero-order chi connectivity index (χ0) is 33.9. The van der Waals surface area contributed by atoms with Crippen LogP contribution in [-0.2, 0) is 21.9 Å². The van der Waals surface area contributed by atoms with Gasteiger partial charge in [0.15, 0.2) is 15.8 Å². The van der Waals surface area contributed by atoms with Gasteiger partial charge in [-0.2, -0.15) is 0 Å². The molecule has 1 fully saturated rings. The number of aromatic nitrogens is 2. The number of amides is 1.